The summed E-state index contributed by atoms with van der Waals surface area (Å²) in [7, 11) is -1.50. The average molecular weight is 1010 g/mol. The van der Waals surface area contributed by atoms with E-state index < -0.39 is 14.0 Å². The molecule has 0 atom stereocenters. The number of hydrogen-bond acceptors (Lipinski definition) is 3. The Labute approximate surface area is 383 Å². The molecule has 0 bridgehead atoms. The number of aromatic nitrogens is 3. The maximum absolute atomic E-state index is 8.44. The molecular weight excluding hydrogens is 967 g/mol. The number of benzene rings is 8. The minimum atomic E-state index is -1.50. The van der Waals surface area contributed by atoms with Crippen molar-refractivity contribution < 1.29 is 21.5 Å². The van der Waals surface area contributed by atoms with E-state index in [2.05, 4.69) is 187 Å². The van der Waals surface area contributed by atoms with Gasteiger partial charge in [0.1, 0.15) is 0 Å². The molecule has 0 aliphatic heterocycles. The zero-order valence-electron chi connectivity index (χ0n) is 36.3. The van der Waals surface area contributed by atoms with Crippen molar-refractivity contribution in [3.63, 3.8) is 0 Å². The minimum absolute atomic E-state index is 0. The molecule has 3 heterocycles. The van der Waals surface area contributed by atoms with Crippen LogP contribution in [0.2, 0.25) is 19.6 Å². The zero-order chi connectivity index (χ0) is 42.6. The molecule has 62 heavy (non-hydrogen) atoms. The number of pyridine rings is 1. The van der Waals surface area contributed by atoms with Crippen molar-refractivity contribution in [2.24, 2.45) is 0 Å². The molecule has 8 aromatic carbocycles. The van der Waals surface area contributed by atoms with E-state index in [0.717, 1.165) is 50.3 Å². The second-order valence-electron chi connectivity index (χ2n) is 16.8. The van der Waals surface area contributed by atoms with Crippen LogP contribution in [0.4, 0.5) is 0 Å². The second kappa shape index (κ2) is 17.0. The first-order chi connectivity index (χ1) is 30.0. The van der Waals surface area contributed by atoms with Crippen LogP contribution in [0.15, 0.2) is 176 Å². The molecule has 0 fully saturated rings. The Bertz CT molecular complexity index is 3440. The molecule has 0 amide bonds. The monoisotopic (exact) mass is 1010 g/mol. The van der Waals surface area contributed by atoms with E-state index in [0.29, 0.717) is 0 Å². The third kappa shape index (κ3) is 7.52. The van der Waals surface area contributed by atoms with Crippen LogP contribution in [-0.4, -0.2) is 22.6 Å². The Kier molecular flexibility index (Phi) is 11.0. The predicted molar refractivity (Wildman–Crippen MR) is 264 cm³/mol. The first kappa shape index (κ1) is 40.1. The molecule has 0 unspecified atom stereocenters. The Morgan fingerprint density at radius 1 is 0.645 bits per heavy atom. The first-order valence-corrected chi connectivity index (χ1v) is 25.1. The molecule has 305 valence electrons. The summed E-state index contributed by atoms with van der Waals surface area (Å²) in [6.07, 6.45) is 1.98. The molecule has 0 saturated heterocycles. The standard InChI is InChI=1S/C39H23N2S.C17H22NSi.Ir/c1-2-11-25(12-3-1)28-15-8-9-20-34(28)41-35-24-22-26-13-4-6-16-29(26)36(35)40-39(41)33-19-10-18-31-32-23-21-27-14-5-7-17-30(27)37(32)42-38(31)33;1-13(2)15-11-16(14-9-7-6-8-10-14)18-12-17(15)19(3,4)5;/h1-18,20-24H;6-9,11-13H,1-5H3;/q2*-1;/i;13D;. The van der Waals surface area contributed by atoms with Gasteiger partial charge in [-0.05, 0) is 60.7 Å². The summed E-state index contributed by atoms with van der Waals surface area (Å²) in [6.45, 7) is 10.8. The fraction of sp³-hybridized carbons (Fsp3) is 0.107. The molecule has 1 radical (unpaired) electrons. The number of hydrogen-bond donors (Lipinski definition) is 0. The third-order valence-electron chi connectivity index (χ3n) is 11.6. The molecule has 0 N–H and O–H groups in total. The van der Waals surface area contributed by atoms with Crippen LogP contribution in [0.25, 0.3) is 92.2 Å². The first-order valence-electron chi connectivity index (χ1n) is 21.3. The Morgan fingerprint density at radius 2 is 1.32 bits per heavy atom. The van der Waals surface area contributed by atoms with Gasteiger partial charge < -0.3 is 9.55 Å². The maximum atomic E-state index is 8.44. The largest absolute Gasteiger partial charge is 0.333 e. The summed E-state index contributed by atoms with van der Waals surface area (Å²) in [6, 6.07) is 66.4. The van der Waals surface area contributed by atoms with E-state index in [1.54, 1.807) is 0 Å². The summed E-state index contributed by atoms with van der Waals surface area (Å²) in [5.74, 6) is 0.299. The Balaban J connectivity index is 0.000000204. The quantitative estimate of drug-likeness (QED) is 0.123. The van der Waals surface area contributed by atoms with E-state index in [4.69, 9.17) is 6.35 Å². The normalized spacial score (nSPS) is 12.0. The molecule has 11 aromatic rings. The van der Waals surface area contributed by atoms with Crippen LogP contribution >= 0.6 is 11.3 Å². The Morgan fingerprint density at radius 3 is 2.08 bits per heavy atom. The predicted octanol–water partition coefficient (Wildman–Crippen LogP) is 15.0. The third-order valence-corrected chi connectivity index (χ3v) is 14.8. The van der Waals surface area contributed by atoms with Crippen molar-refractivity contribution in [2.45, 2.75) is 39.4 Å². The van der Waals surface area contributed by atoms with Crippen molar-refractivity contribution in [1.29, 1.82) is 0 Å². The van der Waals surface area contributed by atoms with E-state index in [-0.39, 0.29) is 20.1 Å². The van der Waals surface area contributed by atoms with Gasteiger partial charge in [-0.2, -0.15) is 11.3 Å². The SMILES string of the molecule is [2H]C(C)(C)c1cc(-c2[c-]cccc2)ncc1[Si](C)(C)C.[Ir].[c-]1ccc2c(sc3c4ccccc4ccc23)c1-c1nc2c3ccccc3ccc2n1-c1ccccc1-c1ccccc1. The summed E-state index contributed by atoms with van der Waals surface area (Å²) < 4.78 is 13.3. The van der Waals surface area contributed by atoms with Crippen LogP contribution in [0.5, 0.6) is 0 Å². The van der Waals surface area contributed by atoms with Gasteiger partial charge in [0.25, 0.3) is 0 Å². The van der Waals surface area contributed by atoms with Gasteiger partial charge in [0, 0.05) is 49.0 Å². The topological polar surface area (TPSA) is 30.7 Å². The summed E-state index contributed by atoms with van der Waals surface area (Å²) >= 11 is 1.85. The Hall–Kier alpha value is -6.01. The molecule has 3 aromatic heterocycles. The molecular formula is C56H45IrN3SSi-2. The number of para-hydroxylation sites is 1. The zero-order valence-corrected chi connectivity index (χ0v) is 39.5. The second-order valence-corrected chi connectivity index (χ2v) is 22.9. The van der Waals surface area contributed by atoms with Crippen molar-refractivity contribution >= 4 is 77.3 Å². The van der Waals surface area contributed by atoms with E-state index in [1.165, 1.54) is 52.6 Å². The summed E-state index contributed by atoms with van der Waals surface area (Å²) in [5, 5.41) is 8.69. The maximum Gasteiger partial charge on any atom is 0.0852 e. The molecule has 0 spiro atoms. The fourth-order valence-corrected chi connectivity index (χ4v) is 11.5. The van der Waals surface area contributed by atoms with Gasteiger partial charge in [-0.1, -0.05) is 171 Å². The number of fused-ring (bicyclic) bond motifs is 8. The van der Waals surface area contributed by atoms with Crippen molar-refractivity contribution in [3.8, 4) is 39.5 Å². The molecule has 6 heteroatoms. The van der Waals surface area contributed by atoms with Crippen LogP contribution < -0.4 is 5.19 Å². The smallest absolute Gasteiger partial charge is 0.0852 e. The van der Waals surface area contributed by atoms with Gasteiger partial charge in [-0.15, -0.1) is 54.1 Å². The van der Waals surface area contributed by atoms with Gasteiger partial charge >= 0.3 is 0 Å². The number of thiophene rings is 1. The number of imidazole rings is 1. The summed E-state index contributed by atoms with van der Waals surface area (Å²) in [4.78, 5) is 10.1. The van der Waals surface area contributed by atoms with Crippen molar-refractivity contribution in [2.75, 3.05) is 0 Å². The number of nitrogens with zero attached hydrogens (tertiary/aromatic N) is 3. The summed E-state index contributed by atoms with van der Waals surface area (Å²) in [5.41, 5.74) is 9.56. The average Bonchev–Trinajstić information content (AvgIpc) is 3.89. The van der Waals surface area contributed by atoms with Crippen LogP contribution in [0.1, 0.15) is 26.7 Å². The fourth-order valence-electron chi connectivity index (χ4n) is 8.56. The van der Waals surface area contributed by atoms with E-state index >= 15 is 0 Å². The van der Waals surface area contributed by atoms with Crippen LogP contribution in [0.3, 0.4) is 0 Å². The van der Waals surface area contributed by atoms with Crippen molar-refractivity contribution in [1.82, 2.24) is 14.5 Å². The molecule has 0 aliphatic carbocycles. The van der Waals surface area contributed by atoms with Crippen LogP contribution in [0, 0.1) is 12.1 Å². The van der Waals surface area contributed by atoms with Gasteiger partial charge in [0.05, 0.1) is 24.9 Å². The van der Waals surface area contributed by atoms with Crippen molar-refractivity contribution in [3.05, 3.63) is 194 Å². The van der Waals surface area contributed by atoms with Crippen LogP contribution in [-0.2, 0) is 20.1 Å². The molecule has 0 saturated carbocycles. The molecule has 11 rings (SSSR count). The number of rotatable bonds is 6. The van der Waals surface area contributed by atoms with Gasteiger partial charge in [-0.25, -0.2) is 0 Å². The van der Waals surface area contributed by atoms with Gasteiger partial charge in [0.15, 0.2) is 0 Å². The van der Waals surface area contributed by atoms with E-state index in [1.807, 2.05) is 55.6 Å². The molecule has 0 aliphatic rings. The minimum Gasteiger partial charge on any atom is -0.333 e. The van der Waals surface area contributed by atoms with Gasteiger partial charge in [-0.3, -0.25) is 4.98 Å². The molecule has 3 nitrogen and oxygen atoms in total. The van der Waals surface area contributed by atoms with Gasteiger partial charge in [0.2, 0.25) is 0 Å². The van der Waals surface area contributed by atoms with E-state index in [9.17, 15) is 0 Å².